The van der Waals surface area contributed by atoms with E-state index in [1.54, 1.807) is 14.2 Å². The third-order valence-corrected chi connectivity index (χ3v) is 5.79. The largest absolute Gasteiger partial charge is 0.383 e. The zero-order valence-electron chi connectivity index (χ0n) is 11.5. The van der Waals surface area contributed by atoms with Gasteiger partial charge in [0.1, 0.15) is 0 Å². The van der Waals surface area contributed by atoms with Crippen molar-refractivity contribution in [3.63, 3.8) is 0 Å². The predicted octanol–water partition coefficient (Wildman–Crippen LogP) is 1.01. The molecule has 0 bridgehead atoms. The zero-order chi connectivity index (χ0) is 14.6. The van der Waals surface area contributed by atoms with Gasteiger partial charge in [0.25, 0.3) is 10.0 Å². The normalized spacial score (nSPS) is 14.0. The van der Waals surface area contributed by atoms with Gasteiger partial charge in [0, 0.05) is 26.7 Å². The molecule has 0 radical (unpaired) electrons. The second kappa shape index (κ2) is 6.78. The lowest BCUT2D eigenvalue weighted by atomic mass is 10.3. The number of aryl methyl sites for hydroxylation is 1. The lowest BCUT2D eigenvalue weighted by Crippen LogP contribution is -2.41. The van der Waals surface area contributed by atoms with Crippen molar-refractivity contribution in [3.05, 3.63) is 4.60 Å². The first kappa shape index (κ1) is 16.5. The van der Waals surface area contributed by atoms with Gasteiger partial charge in [0.2, 0.25) is 5.03 Å². The van der Waals surface area contributed by atoms with E-state index in [2.05, 4.69) is 26.2 Å². The summed E-state index contributed by atoms with van der Waals surface area (Å²) < 4.78 is 33.2. The molecule has 1 aromatic rings. The van der Waals surface area contributed by atoms with E-state index in [1.807, 2.05) is 13.8 Å². The van der Waals surface area contributed by atoms with Crippen molar-refractivity contribution in [2.24, 2.45) is 7.05 Å². The second-order valence-electron chi connectivity index (χ2n) is 4.17. The van der Waals surface area contributed by atoms with Crippen LogP contribution in [0.4, 0.5) is 0 Å². The third-order valence-electron chi connectivity index (χ3n) is 2.89. The van der Waals surface area contributed by atoms with E-state index in [0.717, 1.165) is 0 Å². The molecule has 0 amide bonds. The monoisotopic (exact) mass is 354 g/mol. The van der Waals surface area contributed by atoms with E-state index < -0.39 is 10.0 Å². The summed E-state index contributed by atoms with van der Waals surface area (Å²) in [6.07, 6.45) is 0.714. The molecule has 0 fully saturated rings. The number of halogens is 1. The van der Waals surface area contributed by atoms with Crippen molar-refractivity contribution < 1.29 is 13.2 Å². The average Bonchev–Trinajstić information content (AvgIpc) is 2.69. The molecule has 110 valence electrons. The van der Waals surface area contributed by atoms with Crippen molar-refractivity contribution in [2.45, 2.75) is 31.3 Å². The molecule has 9 heteroatoms. The fourth-order valence-corrected chi connectivity index (χ4v) is 4.40. The highest BCUT2D eigenvalue weighted by Crippen LogP contribution is 2.24. The molecule has 1 aromatic heterocycles. The van der Waals surface area contributed by atoms with Gasteiger partial charge in [-0.05, 0) is 29.3 Å². The van der Waals surface area contributed by atoms with Crippen LogP contribution >= 0.6 is 15.9 Å². The second-order valence-corrected chi connectivity index (χ2v) is 6.73. The number of methoxy groups -OCH3 is 1. The highest BCUT2D eigenvalue weighted by atomic mass is 79.9. The van der Waals surface area contributed by atoms with E-state index >= 15 is 0 Å². The van der Waals surface area contributed by atoms with Crippen LogP contribution < -0.4 is 0 Å². The number of nitrogens with zero attached hydrogens (tertiary/aromatic N) is 4. The van der Waals surface area contributed by atoms with E-state index in [1.165, 1.54) is 8.99 Å². The number of aromatic nitrogens is 3. The number of hydrogen-bond donors (Lipinski definition) is 0. The molecule has 0 aliphatic rings. The summed E-state index contributed by atoms with van der Waals surface area (Å²) in [7, 11) is -0.562. The lowest BCUT2D eigenvalue weighted by molar-refractivity contribution is 0.167. The summed E-state index contributed by atoms with van der Waals surface area (Å²) in [4.78, 5) is 0. The van der Waals surface area contributed by atoms with Gasteiger partial charge in [-0.25, -0.2) is 13.1 Å². The Bertz CT molecular complexity index is 497. The van der Waals surface area contributed by atoms with Crippen LogP contribution in [0, 0.1) is 0 Å². The van der Waals surface area contributed by atoms with Crippen LogP contribution in [0.15, 0.2) is 9.63 Å². The molecule has 0 aliphatic carbocycles. The smallest absolute Gasteiger partial charge is 0.263 e. The fourth-order valence-electron chi connectivity index (χ4n) is 1.67. The van der Waals surface area contributed by atoms with Crippen LogP contribution in [-0.2, 0) is 21.8 Å². The van der Waals surface area contributed by atoms with Crippen molar-refractivity contribution in [3.8, 4) is 0 Å². The summed E-state index contributed by atoms with van der Waals surface area (Å²) in [5, 5.41) is 7.49. The van der Waals surface area contributed by atoms with Gasteiger partial charge in [-0.3, -0.25) is 0 Å². The van der Waals surface area contributed by atoms with Gasteiger partial charge >= 0.3 is 0 Å². The maximum Gasteiger partial charge on any atom is 0.263 e. The highest BCUT2D eigenvalue weighted by molar-refractivity contribution is 9.10. The molecule has 7 nitrogen and oxygen atoms in total. The number of hydrogen-bond acceptors (Lipinski definition) is 5. The maximum absolute atomic E-state index is 12.7. The molecule has 1 atom stereocenters. The van der Waals surface area contributed by atoms with Crippen LogP contribution in [0.2, 0.25) is 0 Å². The van der Waals surface area contributed by atoms with Crippen molar-refractivity contribution in [1.29, 1.82) is 0 Å². The van der Waals surface area contributed by atoms with Crippen LogP contribution in [0.3, 0.4) is 0 Å². The molecule has 0 saturated heterocycles. The highest BCUT2D eigenvalue weighted by Gasteiger charge is 2.33. The molecule has 0 aromatic carbocycles. The molecule has 1 rings (SSSR count). The summed E-state index contributed by atoms with van der Waals surface area (Å²) in [6, 6.07) is -0.123. The third kappa shape index (κ3) is 3.53. The first-order valence-corrected chi connectivity index (χ1v) is 8.15. The Balaban J connectivity index is 3.19. The minimum atomic E-state index is -3.66. The minimum absolute atomic E-state index is 0.0592. The van der Waals surface area contributed by atoms with Crippen molar-refractivity contribution >= 4 is 26.0 Å². The lowest BCUT2D eigenvalue weighted by Gasteiger charge is -2.27. The van der Waals surface area contributed by atoms with E-state index in [4.69, 9.17) is 4.74 Å². The van der Waals surface area contributed by atoms with Gasteiger partial charge in [-0.2, -0.15) is 4.31 Å². The van der Waals surface area contributed by atoms with Gasteiger partial charge in [0.15, 0.2) is 4.60 Å². The van der Waals surface area contributed by atoms with E-state index in [9.17, 15) is 8.42 Å². The fraction of sp³-hybridized carbons (Fsp3) is 0.800. The van der Waals surface area contributed by atoms with E-state index in [-0.39, 0.29) is 15.7 Å². The first-order chi connectivity index (χ1) is 8.86. The maximum atomic E-state index is 12.7. The van der Waals surface area contributed by atoms with Crippen LogP contribution in [0.5, 0.6) is 0 Å². The molecule has 1 unspecified atom stereocenters. The summed E-state index contributed by atoms with van der Waals surface area (Å²) in [5.74, 6) is 0. The Morgan fingerprint density at radius 3 is 2.58 bits per heavy atom. The number of ether oxygens (including phenoxy) is 1. The average molecular weight is 355 g/mol. The van der Waals surface area contributed by atoms with Gasteiger partial charge in [0.05, 0.1) is 6.61 Å². The van der Waals surface area contributed by atoms with Gasteiger partial charge in [-0.15, -0.1) is 5.10 Å². The molecular formula is C10H19BrN4O3S. The van der Waals surface area contributed by atoms with Crippen LogP contribution in [0.1, 0.15) is 20.3 Å². The Morgan fingerprint density at radius 2 is 2.16 bits per heavy atom. The molecular weight excluding hydrogens is 336 g/mol. The van der Waals surface area contributed by atoms with Gasteiger partial charge in [-0.1, -0.05) is 12.1 Å². The quantitative estimate of drug-likeness (QED) is 0.730. The summed E-state index contributed by atoms with van der Waals surface area (Å²) in [6.45, 7) is 4.44. The Labute approximate surface area is 122 Å². The standard InChI is InChI=1S/C10H19BrN4O3S/c1-5-8(2)15(6-7-18-4)19(16,17)10-9(11)12-13-14(10)3/h8H,5-7H2,1-4H3. The Kier molecular flexibility index (Phi) is 5.90. The Morgan fingerprint density at radius 1 is 1.53 bits per heavy atom. The minimum Gasteiger partial charge on any atom is -0.383 e. The van der Waals surface area contributed by atoms with Crippen molar-refractivity contribution in [1.82, 2.24) is 19.3 Å². The molecule has 0 aliphatic heterocycles. The summed E-state index contributed by atoms with van der Waals surface area (Å²) in [5.41, 5.74) is 0. The molecule has 19 heavy (non-hydrogen) atoms. The van der Waals surface area contributed by atoms with Crippen molar-refractivity contribution in [2.75, 3.05) is 20.3 Å². The van der Waals surface area contributed by atoms with Crippen LogP contribution in [0.25, 0.3) is 0 Å². The van der Waals surface area contributed by atoms with Crippen LogP contribution in [-0.4, -0.2) is 54.0 Å². The van der Waals surface area contributed by atoms with Gasteiger partial charge < -0.3 is 4.74 Å². The number of rotatable bonds is 7. The number of sulfonamides is 1. The topological polar surface area (TPSA) is 77.3 Å². The molecule has 1 heterocycles. The Hall–Kier alpha value is -0.510. The zero-order valence-corrected chi connectivity index (χ0v) is 13.9. The molecule has 0 saturated carbocycles. The first-order valence-electron chi connectivity index (χ1n) is 5.92. The molecule has 0 spiro atoms. The SMILES string of the molecule is CCC(C)N(CCOC)S(=O)(=O)c1c(Br)nnn1C. The summed E-state index contributed by atoms with van der Waals surface area (Å²) >= 11 is 3.13. The van der Waals surface area contributed by atoms with E-state index in [0.29, 0.717) is 19.6 Å². The molecule has 0 N–H and O–H groups in total. The predicted molar refractivity (Wildman–Crippen MR) is 74.2 cm³/mol.